The largest absolute Gasteiger partial charge is 0.371 e. The number of amides is 1. The van der Waals surface area contributed by atoms with Gasteiger partial charge < -0.3 is 15.1 Å². The van der Waals surface area contributed by atoms with Crippen LogP contribution in [0.4, 0.5) is 11.4 Å². The minimum atomic E-state index is 0.148. The van der Waals surface area contributed by atoms with E-state index in [1.807, 2.05) is 6.07 Å². The molecule has 4 rings (SSSR count). The monoisotopic (exact) mass is 271 g/mol. The second kappa shape index (κ2) is 4.48. The smallest absolute Gasteiger partial charge is 0.224 e. The Morgan fingerprint density at radius 2 is 1.85 bits per heavy atom. The van der Waals surface area contributed by atoms with E-state index in [2.05, 4.69) is 34.3 Å². The highest BCUT2D eigenvalue weighted by atomic mass is 16.1. The van der Waals surface area contributed by atoms with E-state index in [1.165, 1.54) is 37.4 Å². The molecule has 0 spiro atoms. The lowest BCUT2D eigenvalue weighted by Crippen LogP contribution is -2.28. The minimum Gasteiger partial charge on any atom is -0.371 e. The highest BCUT2D eigenvalue weighted by Crippen LogP contribution is 2.38. The molecule has 1 aromatic rings. The zero-order chi connectivity index (χ0) is 13.7. The van der Waals surface area contributed by atoms with Crippen LogP contribution in [0.5, 0.6) is 0 Å². The number of nitrogens with zero attached hydrogens (tertiary/aromatic N) is 2. The fourth-order valence-electron chi connectivity index (χ4n) is 4.13. The van der Waals surface area contributed by atoms with Crippen molar-refractivity contribution in [3.8, 4) is 0 Å². The Morgan fingerprint density at radius 3 is 2.60 bits per heavy atom. The number of carbonyl (C=O) groups excluding carboxylic acids is 1. The van der Waals surface area contributed by atoms with Crippen molar-refractivity contribution in [2.24, 2.45) is 11.8 Å². The summed E-state index contributed by atoms with van der Waals surface area (Å²) in [4.78, 5) is 16.5. The third kappa shape index (κ3) is 1.90. The normalized spacial score (nSPS) is 29.2. The lowest BCUT2D eigenvalue weighted by atomic mass is 10.0. The predicted molar refractivity (Wildman–Crippen MR) is 80.1 cm³/mol. The maximum Gasteiger partial charge on any atom is 0.224 e. The molecule has 0 bridgehead atoms. The van der Waals surface area contributed by atoms with E-state index in [1.54, 1.807) is 0 Å². The standard InChI is InChI=1S/C16H21N3O/c1-18-7-11-9-19(10-12(11)8-18)15-4-2-3-14-13(15)5-6-16(20)17-14/h2-4,11-12H,5-10H2,1H3,(H,17,20). The molecule has 0 aliphatic carbocycles. The molecule has 0 radical (unpaired) electrons. The molecule has 1 N–H and O–H groups in total. The van der Waals surface area contributed by atoms with Gasteiger partial charge in [0.25, 0.3) is 0 Å². The molecule has 4 heteroatoms. The molecule has 2 atom stereocenters. The summed E-state index contributed by atoms with van der Waals surface area (Å²) >= 11 is 0. The number of likely N-dealkylation sites (tertiary alicyclic amines) is 1. The Hall–Kier alpha value is -1.55. The summed E-state index contributed by atoms with van der Waals surface area (Å²) in [7, 11) is 2.22. The Kier molecular flexibility index (Phi) is 2.74. The summed E-state index contributed by atoms with van der Waals surface area (Å²) in [6, 6.07) is 6.32. The van der Waals surface area contributed by atoms with E-state index in [9.17, 15) is 4.79 Å². The maximum absolute atomic E-state index is 11.5. The van der Waals surface area contributed by atoms with Crippen LogP contribution in [0, 0.1) is 11.8 Å². The van der Waals surface area contributed by atoms with Crippen molar-refractivity contribution in [2.75, 3.05) is 43.4 Å². The molecule has 20 heavy (non-hydrogen) atoms. The van der Waals surface area contributed by atoms with Crippen molar-refractivity contribution in [1.82, 2.24) is 4.90 Å². The van der Waals surface area contributed by atoms with Crippen LogP contribution in [-0.4, -0.2) is 44.0 Å². The third-order valence-corrected chi connectivity index (χ3v) is 5.04. The topological polar surface area (TPSA) is 35.6 Å². The fourth-order valence-corrected chi connectivity index (χ4v) is 4.13. The van der Waals surface area contributed by atoms with E-state index in [0.717, 1.165) is 23.9 Å². The van der Waals surface area contributed by atoms with Gasteiger partial charge in [0.1, 0.15) is 0 Å². The van der Waals surface area contributed by atoms with Crippen LogP contribution >= 0.6 is 0 Å². The van der Waals surface area contributed by atoms with Crippen LogP contribution in [0.2, 0.25) is 0 Å². The van der Waals surface area contributed by atoms with Gasteiger partial charge in [0.05, 0.1) is 0 Å². The number of hydrogen-bond donors (Lipinski definition) is 1. The van der Waals surface area contributed by atoms with Gasteiger partial charge >= 0.3 is 0 Å². The van der Waals surface area contributed by atoms with Crippen LogP contribution in [0.3, 0.4) is 0 Å². The number of anilines is 2. The maximum atomic E-state index is 11.5. The Morgan fingerprint density at radius 1 is 1.10 bits per heavy atom. The Balaban J connectivity index is 1.61. The molecule has 2 unspecified atom stereocenters. The molecular weight excluding hydrogens is 250 g/mol. The van der Waals surface area contributed by atoms with Gasteiger partial charge in [0, 0.05) is 44.0 Å². The molecule has 1 aromatic carbocycles. The Bertz CT molecular complexity index is 543. The number of nitrogens with one attached hydrogen (secondary N) is 1. The van der Waals surface area contributed by atoms with Gasteiger partial charge in [-0.1, -0.05) is 6.07 Å². The molecule has 3 heterocycles. The lowest BCUT2D eigenvalue weighted by molar-refractivity contribution is -0.116. The molecule has 1 amide bonds. The van der Waals surface area contributed by atoms with Gasteiger partial charge in [-0.05, 0) is 43.0 Å². The molecule has 3 aliphatic heterocycles. The van der Waals surface area contributed by atoms with E-state index in [0.29, 0.717) is 6.42 Å². The number of rotatable bonds is 1. The lowest BCUT2D eigenvalue weighted by Gasteiger charge is -2.27. The molecule has 4 nitrogen and oxygen atoms in total. The van der Waals surface area contributed by atoms with Crippen molar-refractivity contribution in [2.45, 2.75) is 12.8 Å². The van der Waals surface area contributed by atoms with Gasteiger partial charge in [0.2, 0.25) is 5.91 Å². The number of fused-ring (bicyclic) bond motifs is 2. The predicted octanol–water partition coefficient (Wildman–Crippen LogP) is 1.57. The van der Waals surface area contributed by atoms with Crippen LogP contribution in [0.25, 0.3) is 0 Å². The second-order valence-electron chi connectivity index (χ2n) is 6.50. The summed E-state index contributed by atoms with van der Waals surface area (Å²) in [5.74, 6) is 1.78. The molecule has 0 aromatic heterocycles. The average Bonchev–Trinajstić information content (AvgIpc) is 2.94. The molecule has 106 valence electrons. The van der Waals surface area contributed by atoms with Crippen molar-refractivity contribution >= 4 is 17.3 Å². The Labute approximate surface area is 119 Å². The zero-order valence-electron chi connectivity index (χ0n) is 11.9. The second-order valence-corrected chi connectivity index (χ2v) is 6.50. The van der Waals surface area contributed by atoms with E-state index >= 15 is 0 Å². The average molecular weight is 271 g/mol. The van der Waals surface area contributed by atoms with Crippen molar-refractivity contribution in [1.29, 1.82) is 0 Å². The molecule has 0 saturated carbocycles. The number of hydrogen-bond acceptors (Lipinski definition) is 3. The summed E-state index contributed by atoms with van der Waals surface area (Å²) in [6.45, 7) is 4.79. The molecular formula is C16H21N3O. The van der Waals surface area contributed by atoms with Crippen molar-refractivity contribution in [3.63, 3.8) is 0 Å². The van der Waals surface area contributed by atoms with E-state index in [-0.39, 0.29) is 5.91 Å². The van der Waals surface area contributed by atoms with Crippen molar-refractivity contribution < 1.29 is 4.79 Å². The first-order valence-corrected chi connectivity index (χ1v) is 7.56. The van der Waals surface area contributed by atoms with Crippen LogP contribution in [0.15, 0.2) is 18.2 Å². The summed E-state index contributed by atoms with van der Waals surface area (Å²) in [5.41, 5.74) is 3.70. The fraction of sp³-hybridized carbons (Fsp3) is 0.562. The van der Waals surface area contributed by atoms with Crippen LogP contribution in [-0.2, 0) is 11.2 Å². The molecule has 2 fully saturated rings. The summed E-state index contributed by atoms with van der Waals surface area (Å²) in [5, 5.41) is 3.01. The zero-order valence-corrected chi connectivity index (χ0v) is 11.9. The van der Waals surface area contributed by atoms with Gasteiger partial charge in [0.15, 0.2) is 0 Å². The van der Waals surface area contributed by atoms with Crippen LogP contribution < -0.4 is 10.2 Å². The SMILES string of the molecule is CN1CC2CN(c3cccc4c3CCC(=O)N4)CC2C1. The van der Waals surface area contributed by atoms with E-state index < -0.39 is 0 Å². The first-order valence-electron chi connectivity index (χ1n) is 7.56. The number of carbonyl (C=O) groups is 1. The van der Waals surface area contributed by atoms with Gasteiger partial charge in [-0.15, -0.1) is 0 Å². The molecule has 2 saturated heterocycles. The summed E-state index contributed by atoms with van der Waals surface area (Å²) in [6.07, 6.45) is 1.50. The number of benzene rings is 1. The van der Waals surface area contributed by atoms with Gasteiger partial charge in [-0.3, -0.25) is 4.79 Å². The highest BCUT2D eigenvalue weighted by molar-refractivity contribution is 5.95. The van der Waals surface area contributed by atoms with Gasteiger partial charge in [-0.25, -0.2) is 0 Å². The first-order chi connectivity index (χ1) is 9.70. The highest BCUT2D eigenvalue weighted by Gasteiger charge is 2.39. The first kappa shape index (κ1) is 12.2. The quantitative estimate of drug-likeness (QED) is 0.842. The summed E-state index contributed by atoms with van der Waals surface area (Å²) < 4.78 is 0. The van der Waals surface area contributed by atoms with Gasteiger partial charge in [-0.2, -0.15) is 0 Å². The van der Waals surface area contributed by atoms with Crippen molar-refractivity contribution in [3.05, 3.63) is 23.8 Å². The molecule has 3 aliphatic rings. The minimum absolute atomic E-state index is 0.148. The van der Waals surface area contributed by atoms with Crippen LogP contribution in [0.1, 0.15) is 12.0 Å². The van der Waals surface area contributed by atoms with E-state index in [4.69, 9.17) is 0 Å². The third-order valence-electron chi connectivity index (χ3n) is 5.04.